The van der Waals surface area contributed by atoms with Gasteiger partial charge in [-0.3, -0.25) is 0 Å². The van der Waals surface area contributed by atoms with Crippen molar-refractivity contribution in [1.82, 2.24) is 0 Å². The summed E-state index contributed by atoms with van der Waals surface area (Å²) in [6.07, 6.45) is 1.74. The van der Waals surface area contributed by atoms with Crippen molar-refractivity contribution in [2.75, 3.05) is 5.73 Å². The van der Waals surface area contributed by atoms with Gasteiger partial charge >= 0.3 is 0 Å². The van der Waals surface area contributed by atoms with E-state index in [2.05, 4.69) is 0 Å². The molecular weight excluding hydrogens is 138 g/mol. The van der Waals surface area contributed by atoms with Crippen molar-refractivity contribution in [3.05, 3.63) is 30.0 Å². The lowest BCUT2D eigenvalue weighted by atomic mass is 10.2. The molecule has 2 rings (SSSR count). The molecule has 11 heavy (non-hydrogen) atoms. The summed E-state index contributed by atoms with van der Waals surface area (Å²) in [7, 11) is 0. The van der Waals surface area contributed by atoms with Crippen LogP contribution in [0, 0.1) is 6.92 Å². The maximum Gasteiger partial charge on any atom is 0.136 e. The molecule has 0 aliphatic carbocycles. The number of hydrogen-bond donors (Lipinski definition) is 1. The van der Waals surface area contributed by atoms with Gasteiger partial charge in [0.2, 0.25) is 0 Å². The molecular formula is C9H9NO. The zero-order valence-electron chi connectivity index (χ0n) is 6.29. The number of hydrogen-bond acceptors (Lipinski definition) is 2. The van der Waals surface area contributed by atoms with Crippen molar-refractivity contribution in [2.24, 2.45) is 0 Å². The lowest BCUT2D eigenvalue weighted by Gasteiger charge is -1.91. The predicted molar refractivity (Wildman–Crippen MR) is 45.4 cm³/mol. The highest BCUT2D eigenvalue weighted by atomic mass is 16.3. The average molecular weight is 147 g/mol. The SMILES string of the molecule is Cc1coc2cc(N)ccc12. The van der Waals surface area contributed by atoms with E-state index < -0.39 is 0 Å². The van der Waals surface area contributed by atoms with E-state index in [0.29, 0.717) is 0 Å². The maximum absolute atomic E-state index is 5.57. The van der Waals surface area contributed by atoms with Gasteiger partial charge in [0.05, 0.1) is 6.26 Å². The van der Waals surface area contributed by atoms with Crippen molar-refractivity contribution in [3.8, 4) is 0 Å². The number of nitrogens with two attached hydrogens (primary N) is 1. The Balaban J connectivity index is 2.86. The van der Waals surface area contributed by atoms with Gasteiger partial charge in [0.25, 0.3) is 0 Å². The second kappa shape index (κ2) is 2.02. The van der Waals surface area contributed by atoms with Crippen molar-refractivity contribution < 1.29 is 4.42 Å². The third-order valence-electron chi connectivity index (χ3n) is 1.79. The predicted octanol–water partition coefficient (Wildman–Crippen LogP) is 2.32. The van der Waals surface area contributed by atoms with E-state index in [-0.39, 0.29) is 0 Å². The lowest BCUT2D eigenvalue weighted by Crippen LogP contribution is -1.81. The minimum absolute atomic E-state index is 0.742. The van der Waals surface area contributed by atoms with E-state index in [1.807, 2.05) is 25.1 Å². The summed E-state index contributed by atoms with van der Waals surface area (Å²) in [5, 5.41) is 1.14. The largest absolute Gasteiger partial charge is 0.464 e. The molecule has 0 spiro atoms. The molecule has 0 saturated carbocycles. The Morgan fingerprint density at radius 2 is 2.18 bits per heavy atom. The molecule has 1 aromatic heterocycles. The Bertz CT molecular complexity index is 389. The molecule has 2 heteroatoms. The number of nitrogen functional groups attached to an aromatic ring is 1. The fourth-order valence-electron chi connectivity index (χ4n) is 1.18. The van der Waals surface area contributed by atoms with Gasteiger partial charge in [-0.1, -0.05) is 0 Å². The first-order valence-corrected chi connectivity index (χ1v) is 3.51. The molecule has 2 N–H and O–H groups in total. The first kappa shape index (κ1) is 6.28. The van der Waals surface area contributed by atoms with Gasteiger partial charge in [-0.2, -0.15) is 0 Å². The summed E-state index contributed by atoms with van der Waals surface area (Å²) in [5.41, 5.74) is 8.33. The number of anilines is 1. The zero-order valence-corrected chi connectivity index (χ0v) is 6.29. The molecule has 1 heterocycles. The molecule has 0 saturated heterocycles. The van der Waals surface area contributed by atoms with E-state index in [9.17, 15) is 0 Å². The number of fused-ring (bicyclic) bond motifs is 1. The Hall–Kier alpha value is -1.44. The first-order valence-electron chi connectivity index (χ1n) is 3.51. The summed E-state index contributed by atoms with van der Waals surface area (Å²) in [6.45, 7) is 2.02. The molecule has 0 amide bonds. The molecule has 2 aromatic rings. The van der Waals surface area contributed by atoms with Gasteiger partial charge < -0.3 is 10.2 Å². The van der Waals surface area contributed by atoms with Crippen LogP contribution in [-0.4, -0.2) is 0 Å². The summed E-state index contributed by atoms with van der Waals surface area (Å²) in [4.78, 5) is 0. The molecule has 0 fully saturated rings. The molecule has 1 aromatic carbocycles. The normalized spacial score (nSPS) is 10.6. The fourth-order valence-corrected chi connectivity index (χ4v) is 1.18. The van der Waals surface area contributed by atoms with E-state index in [4.69, 9.17) is 10.2 Å². The summed E-state index contributed by atoms with van der Waals surface area (Å²) >= 11 is 0. The van der Waals surface area contributed by atoms with Crippen molar-refractivity contribution in [1.29, 1.82) is 0 Å². The van der Waals surface area contributed by atoms with Crippen LogP contribution in [0.15, 0.2) is 28.9 Å². The van der Waals surface area contributed by atoms with Crippen LogP contribution >= 0.6 is 0 Å². The van der Waals surface area contributed by atoms with Crippen LogP contribution in [0.4, 0.5) is 5.69 Å². The van der Waals surface area contributed by atoms with Gasteiger partial charge in [0, 0.05) is 17.1 Å². The zero-order chi connectivity index (χ0) is 7.84. The molecule has 0 radical (unpaired) electrons. The summed E-state index contributed by atoms with van der Waals surface area (Å²) in [5.74, 6) is 0. The quantitative estimate of drug-likeness (QED) is 0.581. The Morgan fingerprint density at radius 1 is 1.36 bits per heavy atom. The van der Waals surface area contributed by atoms with Crippen LogP contribution in [0.5, 0.6) is 0 Å². The van der Waals surface area contributed by atoms with Gasteiger partial charge in [0.15, 0.2) is 0 Å². The third-order valence-corrected chi connectivity index (χ3v) is 1.79. The highest BCUT2D eigenvalue weighted by Gasteiger charge is 1.99. The van der Waals surface area contributed by atoms with Crippen LogP contribution in [0.2, 0.25) is 0 Å². The van der Waals surface area contributed by atoms with E-state index in [1.165, 1.54) is 0 Å². The Kier molecular flexibility index (Phi) is 1.15. The first-order chi connectivity index (χ1) is 5.27. The maximum atomic E-state index is 5.57. The van der Waals surface area contributed by atoms with Crippen molar-refractivity contribution in [3.63, 3.8) is 0 Å². The molecule has 56 valence electrons. The van der Waals surface area contributed by atoms with Crippen LogP contribution in [-0.2, 0) is 0 Å². The molecule has 0 unspecified atom stereocenters. The molecule has 0 aliphatic heterocycles. The van der Waals surface area contributed by atoms with E-state index >= 15 is 0 Å². The van der Waals surface area contributed by atoms with Gasteiger partial charge in [0.1, 0.15) is 5.58 Å². The number of furan rings is 1. The fraction of sp³-hybridized carbons (Fsp3) is 0.111. The van der Waals surface area contributed by atoms with Gasteiger partial charge in [-0.05, 0) is 24.6 Å². The summed E-state index contributed by atoms with van der Waals surface area (Å²) in [6, 6.07) is 5.69. The molecule has 0 aliphatic rings. The Labute approximate surface area is 64.6 Å². The van der Waals surface area contributed by atoms with E-state index in [1.54, 1.807) is 6.26 Å². The monoisotopic (exact) mass is 147 g/mol. The minimum atomic E-state index is 0.742. The van der Waals surface area contributed by atoms with Crippen LogP contribution in [0.1, 0.15) is 5.56 Å². The lowest BCUT2D eigenvalue weighted by molar-refractivity contribution is 0.613. The second-order valence-corrected chi connectivity index (χ2v) is 2.67. The summed E-state index contributed by atoms with van der Waals surface area (Å²) < 4.78 is 5.25. The molecule has 2 nitrogen and oxygen atoms in total. The van der Waals surface area contributed by atoms with Crippen molar-refractivity contribution >= 4 is 16.7 Å². The molecule has 0 bridgehead atoms. The smallest absolute Gasteiger partial charge is 0.136 e. The topological polar surface area (TPSA) is 39.2 Å². The van der Waals surface area contributed by atoms with Crippen LogP contribution in [0.3, 0.4) is 0 Å². The average Bonchev–Trinajstić information content (AvgIpc) is 2.32. The van der Waals surface area contributed by atoms with Gasteiger partial charge in [-0.25, -0.2) is 0 Å². The highest BCUT2D eigenvalue weighted by molar-refractivity contribution is 5.83. The van der Waals surface area contributed by atoms with Gasteiger partial charge in [-0.15, -0.1) is 0 Å². The standard InChI is InChI=1S/C9H9NO/c1-6-5-11-9-4-7(10)2-3-8(6)9/h2-5H,10H2,1H3. The number of benzene rings is 1. The van der Waals surface area contributed by atoms with E-state index in [0.717, 1.165) is 22.2 Å². The van der Waals surface area contributed by atoms with Crippen molar-refractivity contribution in [2.45, 2.75) is 6.92 Å². The third kappa shape index (κ3) is 0.871. The minimum Gasteiger partial charge on any atom is -0.464 e. The molecule has 0 atom stereocenters. The Morgan fingerprint density at radius 3 is 3.00 bits per heavy atom. The van der Waals surface area contributed by atoms with Crippen LogP contribution < -0.4 is 5.73 Å². The van der Waals surface area contributed by atoms with Crippen LogP contribution in [0.25, 0.3) is 11.0 Å². The second-order valence-electron chi connectivity index (χ2n) is 2.67. The highest BCUT2D eigenvalue weighted by Crippen LogP contribution is 2.21. The number of aryl methyl sites for hydroxylation is 1. The number of rotatable bonds is 0.